The number of hydrogen-bond donors (Lipinski definition) is 0. The lowest BCUT2D eigenvalue weighted by molar-refractivity contribution is -0.151. The molecule has 0 saturated carbocycles. The molecule has 0 unspecified atom stereocenters. The predicted molar refractivity (Wildman–Crippen MR) is 38.2 cm³/mol. The predicted octanol–water partition coefficient (Wildman–Crippen LogP) is 0.677. The van der Waals surface area contributed by atoms with Crippen molar-refractivity contribution in [3.8, 4) is 0 Å². The Hall–Kier alpha value is -0.420. The number of nitrogens with zero attached hydrogens (tertiary/aromatic N) is 1. The van der Waals surface area contributed by atoms with E-state index >= 15 is 0 Å². The number of alkyl halides is 3. The quantitative estimate of drug-likeness (QED) is 0.582. The lowest BCUT2D eigenvalue weighted by Gasteiger charge is -2.27. The Bertz CT molecular complexity index is 177. The van der Waals surface area contributed by atoms with Crippen LogP contribution in [0.2, 0.25) is 0 Å². The maximum Gasteiger partial charge on any atom is 0.399 e. The highest BCUT2D eigenvalue weighted by atomic mass is 35.5. The molecule has 1 saturated heterocycles. The summed E-state index contributed by atoms with van der Waals surface area (Å²) in [5.41, 5.74) is 0. The molecule has 3 nitrogen and oxygen atoms in total. The second-order valence-corrected chi connectivity index (χ2v) is 2.88. The average molecular weight is 200 g/mol. The zero-order valence-corrected chi connectivity index (χ0v) is 6.98. The van der Waals surface area contributed by atoms with Gasteiger partial charge in [0, 0.05) is 13.1 Å². The maximum atomic E-state index is 12.2. The molecule has 1 amide bonds. The Balaban J connectivity index is 2.51. The summed E-state index contributed by atoms with van der Waals surface area (Å²) in [6.45, 7) is 0.944. The first-order chi connectivity index (χ1) is 5.52. The summed E-state index contributed by atoms with van der Waals surface area (Å²) in [7, 11) is 0. The highest BCUT2D eigenvalue weighted by molar-refractivity contribution is 6.32. The first kappa shape index (κ1) is 9.67. The van der Waals surface area contributed by atoms with Crippen molar-refractivity contribution >= 4 is 17.5 Å². The summed E-state index contributed by atoms with van der Waals surface area (Å²) in [4.78, 5) is 11.8. The molecule has 1 aliphatic heterocycles. The minimum absolute atomic E-state index is 0.182. The molecule has 0 atom stereocenters. The van der Waals surface area contributed by atoms with Crippen molar-refractivity contribution in [2.75, 3.05) is 26.3 Å². The van der Waals surface area contributed by atoms with Crippen LogP contribution in [0.25, 0.3) is 0 Å². The Kier molecular flexibility index (Phi) is 2.85. The molecule has 0 bridgehead atoms. The van der Waals surface area contributed by atoms with E-state index in [0.717, 1.165) is 4.90 Å². The van der Waals surface area contributed by atoms with Gasteiger partial charge in [-0.15, -0.1) is 0 Å². The van der Waals surface area contributed by atoms with E-state index in [2.05, 4.69) is 11.6 Å². The van der Waals surface area contributed by atoms with Crippen LogP contribution in [0.3, 0.4) is 0 Å². The van der Waals surface area contributed by atoms with Crippen molar-refractivity contribution in [1.82, 2.24) is 4.90 Å². The topological polar surface area (TPSA) is 29.5 Å². The van der Waals surface area contributed by atoms with Crippen molar-refractivity contribution in [2.45, 2.75) is 5.38 Å². The summed E-state index contributed by atoms with van der Waals surface area (Å²) < 4.78 is 29.3. The summed E-state index contributed by atoms with van der Waals surface area (Å²) in [5, 5.41) is -3.78. The van der Waals surface area contributed by atoms with Crippen LogP contribution in [0.15, 0.2) is 0 Å². The molecule has 1 heterocycles. The van der Waals surface area contributed by atoms with Gasteiger partial charge in [0.15, 0.2) is 0 Å². The number of morpholine rings is 1. The van der Waals surface area contributed by atoms with Gasteiger partial charge in [0.25, 0.3) is 0 Å². The van der Waals surface area contributed by atoms with E-state index in [9.17, 15) is 13.6 Å². The molecule has 70 valence electrons. The summed E-state index contributed by atoms with van der Waals surface area (Å²) in [6.07, 6.45) is 0. The highest BCUT2D eigenvalue weighted by Crippen LogP contribution is 2.22. The van der Waals surface area contributed by atoms with Crippen LogP contribution >= 0.6 is 11.6 Å². The van der Waals surface area contributed by atoms with E-state index in [1.807, 2.05) is 0 Å². The molecule has 0 radical (unpaired) electrons. The third-order valence-corrected chi connectivity index (χ3v) is 1.70. The molecule has 0 aromatic heterocycles. The molecule has 1 rings (SSSR count). The fourth-order valence-electron chi connectivity index (χ4n) is 0.946. The summed E-state index contributed by atoms with van der Waals surface area (Å²) >= 11 is 4.55. The molecule has 6 heteroatoms. The van der Waals surface area contributed by atoms with E-state index in [-0.39, 0.29) is 13.1 Å². The molecule has 0 aromatic carbocycles. The minimum atomic E-state index is -3.78. The van der Waals surface area contributed by atoms with Gasteiger partial charge in [0.05, 0.1) is 13.2 Å². The number of amides is 1. The largest absolute Gasteiger partial charge is 0.399 e. The van der Waals surface area contributed by atoms with Gasteiger partial charge in [-0.2, -0.15) is 8.78 Å². The van der Waals surface area contributed by atoms with E-state index in [4.69, 9.17) is 4.74 Å². The first-order valence-electron chi connectivity index (χ1n) is 3.45. The molecule has 0 aliphatic carbocycles. The van der Waals surface area contributed by atoms with E-state index < -0.39 is 11.3 Å². The Morgan fingerprint density at radius 2 is 1.92 bits per heavy atom. The zero-order chi connectivity index (χ0) is 9.19. The standard InChI is InChI=1S/C6H8ClF2NO2/c7-6(8,9)5(11)10-1-3-12-4-2-10/h1-4H2. The lowest BCUT2D eigenvalue weighted by atomic mass is 10.4. The van der Waals surface area contributed by atoms with Gasteiger partial charge in [-0.1, -0.05) is 0 Å². The van der Waals surface area contributed by atoms with Crippen molar-refractivity contribution in [3.05, 3.63) is 0 Å². The fraction of sp³-hybridized carbons (Fsp3) is 0.833. The van der Waals surface area contributed by atoms with Crippen molar-refractivity contribution in [3.63, 3.8) is 0 Å². The molecule has 12 heavy (non-hydrogen) atoms. The number of hydrogen-bond acceptors (Lipinski definition) is 2. The molecule has 1 fully saturated rings. The molecule has 0 N–H and O–H groups in total. The molecule has 0 spiro atoms. The van der Waals surface area contributed by atoms with Gasteiger partial charge in [-0.3, -0.25) is 4.79 Å². The normalized spacial score (nSPS) is 19.4. The third-order valence-electron chi connectivity index (χ3n) is 1.54. The second kappa shape index (κ2) is 3.53. The second-order valence-electron chi connectivity index (χ2n) is 2.40. The maximum absolute atomic E-state index is 12.2. The van der Waals surface area contributed by atoms with Gasteiger partial charge in [-0.05, 0) is 11.6 Å². The van der Waals surface area contributed by atoms with Crippen LogP contribution in [0.1, 0.15) is 0 Å². The van der Waals surface area contributed by atoms with E-state index in [1.165, 1.54) is 0 Å². The lowest BCUT2D eigenvalue weighted by Crippen LogP contribution is -2.46. The van der Waals surface area contributed by atoms with Gasteiger partial charge in [0.2, 0.25) is 0 Å². The SMILES string of the molecule is O=C(N1CCOCC1)C(F)(F)Cl. The molecular formula is C6H8ClF2NO2. The van der Waals surface area contributed by atoms with Crippen molar-refractivity contribution in [1.29, 1.82) is 0 Å². The van der Waals surface area contributed by atoms with Gasteiger partial charge >= 0.3 is 11.3 Å². The number of carbonyl (C=O) groups excluding carboxylic acids is 1. The fourth-order valence-corrected chi connectivity index (χ4v) is 1.07. The highest BCUT2D eigenvalue weighted by Gasteiger charge is 2.40. The van der Waals surface area contributed by atoms with Gasteiger partial charge in [-0.25, -0.2) is 0 Å². The Morgan fingerprint density at radius 1 is 1.42 bits per heavy atom. The first-order valence-corrected chi connectivity index (χ1v) is 3.83. The smallest absolute Gasteiger partial charge is 0.378 e. The van der Waals surface area contributed by atoms with E-state index in [0.29, 0.717) is 13.2 Å². The van der Waals surface area contributed by atoms with Gasteiger partial charge < -0.3 is 9.64 Å². The van der Waals surface area contributed by atoms with E-state index in [1.54, 1.807) is 0 Å². The van der Waals surface area contributed by atoms with Crippen LogP contribution in [-0.4, -0.2) is 42.5 Å². The Morgan fingerprint density at radius 3 is 2.33 bits per heavy atom. The van der Waals surface area contributed by atoms with Crippen LogP contribution in [0, 0.1) is 0 Å². The number of rotatable bonds is 1. The van der Waals surface area contributed by atoms with Crippen LogP contribution in [0.4, 0.5) is 8.78 Å². The summed E-state index contributed by atoms with van der Waals surface area (Å²) in [6, 6.07) is 0. The molecule has 1 aliphatic rings. The van der Waals surface area contributed by atoms with Crippen molar-refractivity contribution in [2.24, 2.45) is 0 Å². The number of carbonyl (C=O) groups is 1. The Labute approximate surface area is 73.2 Å². The summed E-state index contributed by atoms with van der Waals surface area (Å²) in [5.74, 6) is -1.34. The van der Waals surface area contributed by atoms with Crippen molar-refractivity contribution < 1.29 is 18.3 Å². The monoisotopic (exact) mass is 199 g/mol. The number of halogens is 3. The van der Waals surface area contributed by atoms with Crippen LogP contribution < -0.4 is 0 Å². The van der Waals surface area contributed by atoms with Crippen LogP contribution in [0.5, 0.6) is 0 Å². The number of ether oxygens (including phenoxy) is 1. The average Bonchev–Trinajstić information content (AvgIpc) is 2.03. The third kappa shape index (κ3) is 2.28. The molecular weight excluding hydrogens is 192 g/mol. The van der Waals surface area contributed by atoms with Crippen LogP contribution in [-0.2, 0) is 9.53 Å². The minimum Gasteiger partial charge on any atom is -0.378 e. The van der Waals surface area contributed by atoms with Gasteiger partial charge in [0.1, 0.15) is 0 Å². The molecule has 0 aromatic rings. The zero-order valence-electron chi connectivity index (χ0n) is 6.23.